The van der Waals surface area contributed by atoms with Gasteiger partial charge in [0.05, 0.1) is 0 Å². The normalized spacial score (nSPS) is 14.4. The minimum atomic E-state index is -1.62. The molecule has 0 aliphatic rings. The first-order valence-corrected chi connectivity index (χ1v) is 13.4. The second kappa shape index (κ2) is 5.27. The van der Waals surface area contributed by atoms with E-state index in [1.54, 1.807) is 0 Å². The van der Waals surface area contributed by atoms with Crippen molar-refractivity contribution in [3.8, 4) is 0 Å². The lowest BCUT2D eigenvalue weighted by atomic mass is 10.2. The molecule has 0 bridgehead atoms. The number of hydrogen-bond acceptors (Lipinski definition) is 2. The predicted molar refractivity (Wildman–Crippen MR) is 75.1 cm³/mol. The minimum Gasteiger partial charge on any atom is -0.356 e. The Morgan fingerprint density at radius 2 is 1.27 bits per heavy atom. The molecule has 0 amide bonds. The third-order valence-electron chi connectivity index (χ3n) is 2.94. The standard InChI is InChI=1S/C10H27NOSi3/c1-10(2,3)15(8,9)12-11(13(4)5)14(6)7/h1-9H3. The molecule has 5 heteroatoms. The quantitative estimate of drug-likeness (QED) is 0.565. The van der Waals surface area contributed by atoms with Crippen molar-refractivity contribution < 1.29 is 4.53 Å². The van der Waals surface area contributed by atoms with Crippen LogP contribution in [0, 0.1) is 0 Å². The fourth-order valence-corrected chi connectivity index (χ4v) is 8.13. The van der Waals surface area contributed by atoms with Crippen LogP contribution in [-0.2, 0) is 4.53 Å². The molecule has 2 radical (unpaired) electrons. The summed E-state index contributed by atoms with van der Waals surface area (Å²) in [6.45, 7) is 20.8. The average molecular weight is 262 g/mol. The molecule has 0 N–H and O–H groups in total. The first-order chi connectivity index (χ1) is 6.49. The first-order valence-electron chi connectivity index (χ1n) is 5.58. The van der Waals surface area contributed by atoms with Crippen molar-refractivity contribution in [2.24, 2.45) is 0 Å². The van der Waals surface area contributed by atoms with Gasteiger partial charge in [-0.15, -0.1) is 0 Å². The lowest BCUT2D eigenvalue weighted by Crippen LogP contribution is -2.53. The van der Waals surface area contributed by atoms with E-state index in [-0.39, 0.29) is 0 Å². The van der Waals surface area contributed by atoms with Gasteiger partial charge in [-0.3, -0.25) is 0 Å². The maximum Gasteiger partial charge on any atom is 0.218 e. The first kappa shape index (κ1) is 15.6. The van der Waals surface area contributed by atoms with Crippen LogP contribution in [0.15, 0.2) is 0 Å². The molecule has 0 fully saturated rings. The van der Waals surface area contributed by atoms with Crippen LogP contribution in [0.1, 0.15) is 20.8 Å². The van der Waals surface area contributed by atoms with Crippen LogP contribution in [0.4, 0.5) is 0 Å². The SMILES string of the molecule is C[Si](C)N(O[Si](C)(C)C(C)(C)C)[Si](C)C. The third-order valence-corrected chi connectivity index (χ3v) is 12.0. The minimum absolute atomic E-state index is 0.305. The molecule has 0 saturated heterocycles. The van der Waals surface area contributed by atoms with Gasteiger partial charge in [0.25, 0.3) is 0 Å². The molecular weight excluding hydrogens is 234 g/mol. The lowest BCUT2D eigenvalue weighted by Gasteiger charge is -2.42. The van der Waals surface area contributed by atoms with E-state index in [2.05, 4.69) is 64.4 Å². The van der Waals surface area contributed by atoms with Crippen LogP contribution in [0.5, 0.6) is 0 Å². The van der Waals surface area contributed by atoms with Gasteiger partial charge in [0.15, 0.2) is 17.9 Å². The van der Waals surface area contributed by atoms with E-state index < -0.39 is 26.2 Å². The van der Waals surface area contributed by atoms with Crippen LogP contribution < -0.4 is 0 Å². The van der Waals surface area contributed by atoms with Crippen LogP contribution in [0.2, 0.25) is 44.3 Å². The van der Waals surface area contributed by atoms with Gasteiger partial charge in [-0.05, 0) is 18.1 Å². The molecule has 0 unspecified atom stereocenters. The largest absolute Gasteiger partial charge is 0.356 e. The molecule has 15 heavy (non-hydrogen) atoms. The molecule has 0 aliphatic heterocycles. The van der Waals surface area contributed by atoms with Crippen LogP contribution >= 0.6 is 0 Å². The Balaban J connectivity index is 4.68. The van der Waals surface area contributed by atoms with Gasteiger partial charge in [0, 0.05) is 0 Å². The summed E-state index contributed by atoms with van der Waals surface area (Å²) in [4.78, 5) is 0. The van der Waals surface area contributed by atoms with E-state index in [0.29, 0.717) is 5.04 Å². The van der Waals surface area contributed by atoms with Crippen molar-refractivity contribution >= 4 is 26.2 Å². The summed E-state index contributed by atoms with van der Waals surface area (Å²) in [5.74, 6) is 0. The zero-order valence-corrected chi connectivity index (χ0v) is 14.9. The molecule has 0 spiro atoms. The monoisotopic (exact) mass is 261 g/mol. The van der Waals surface area contributed by atoms with Crippen LogP contribution in [-0.4, -0.2) is 30.6 Å². The Labute approximate surface area is 100 Å². The van der Waals surface area contributed by atoms with Crippen molar-refractivity contribution in [1.82, 2.24) is 4.39 Å². The number of rotatable bonds is 4. The summed E-state index contributed by atoms with van der Waals surface area (Å²) in [7, 11) is -2.56. The summed E-state index contributed by atoms with van der Waals surface area (Å²) in [5, 5.41) is 0.305. The van der Waals surface area contributed by atoms with Gasteiger partial charge in [-0.25, -0.2) is 4.39 Å². The fourth-order valence-electron chi connectivity index (χ4n) is 0.995. The molecule has 0 heterocycles. The van der Waals surface area contributed by atoms with Crippen LogP contribution in [0.3, 0.4) is 0 Å². The fraction of sp³-hybridized carbons (Fsp3) is 1.00. The Hall–Kier alpha value is 0.571. The summed E-state index contributed by atoms with van der Waals surface area (Å²) < 4.78 is 8.74. The van der Waals surface area contributed by atoms with Crippen molar-refractivity contribution in [2.45, 2.75) is 65.1 Å². The van der Waals surface area contributed by atoms with Gasteiger partial charge in [-0.1, -0.05) is 47.0 Å². The molecule has 0 aliphatic carbocycles. The third kappa shape index (κ3) is 4.52. The molecular formula is C10H27NOSi3. The van der Waals surface area contributed by atoms with Gasteiger partial charge in [0.1, 0.15) is 0 Å². The Morgan fingerprint density at radius 3 is 1.47 bits per heavy atom. The van der Waals surface area contributed by atoms with Gasteiger partial charge in [0.2, 0.25) is 8.32 Å². The average Bonchev–Trinajstić information content (AvgIpc) is 1.96. The van der Waals surface area contributed by atoms with E-state index in [1.807, 2.05) is 0 Å². The number of nitrogens with zero attached hydrogens (tertiary/aromatic N) is 1. The smallest absolute Gasteiger partial charge is 0.218 e. The lowest BCUT2D eigenvalue weighted by molar-refractivity contribution is 0.0956. The van der Waals surface area contributed by atoms with Crippen molar-refractivity contribution in [2.75, 3.05) is 0 Å². The molecule has 90 valence electrons. The zero-order valence-electron chi connectivity index (χ0n) is 11.9. The Bertz CT molecular complexity index is 191. The van der Waals surface area contributed by atoms with E-state index >= 15 is 0 Å². The van der Waals surface area contributed by atoms with E-state index in [4.69, 9.17) is 4.53 Å². The Morgan fingerprint density at radius 1 is 0.933 bits per heavy atom. The van der Waals surface area contributed by atoms with Crippen molar-refractivity contribution in [3.63, 3.8) is 0 Å². The summed E-state index contributed by atoms with van der Waals surface area (Å²) in [6.07, 6.45) is 0. The van der Waals surface area contributed by atoms with E-state index in [9.17, 15) is 0 Å². The van der Waals surface area contributed by atoms with Gasteiger partial charge >= 0.3 is 0 Å². The highest BCUT2D eigenvalue weighted by molar-refractivity contribution is 6.76. The second-order valence-corrected chi connectivity index (χ2v) is 15.8. The summed E-state index contributed by atoms with van der Waals surface area (Å²) in [6, 6.07) is 0. The maximum absolute atomic E-state index is 6.39. The molecule has 0 rings (SSSR count). The second-order valence-electron chi connectivity index (χ2n) is 6.04. The zero-order chi connectivity index (χ0) is 12.4. The van der Waals surface area contributed by atoms with Crippen molar-refractivity contribution in [1.29, 1.82) is 0 Å². The van der Waals surface area contributed by atoms with Gasteiger partial charge < -0.3 is 4.53 Å². The summed E-state index contributed by atoms with van der Waals surface area (Å²) in [5.41, 5.74) is 0. The van der Waals surface area contributed by atoms with E-state index in [1.165, 1.54) is 0 Å². The highest BCUT2D eigenvalue weighted by Crippen LogP contribution is 2.37. The highest BCUT2D eigenvalue weighted by atomic mass is 28.4. The molecule has 2 nitrogen and oxygen atoms in total. The molecule has 0 aromatic heterocycles. The van der Waals surface area contributed by atoms with Crippen molar-refractivity contribution in [3.05, 3.63) is 0 Å². The summed E-state index contributed by atoms with van der Waals surface area (Å²) >= 11 is 0. The van der Waals surface area contributed by atoms with Crippen LogP contribution in [0.25, 0.3) is 0 Å². The van der Waals surface area contributed by atoms with Gasteiger partial charge in [-0.2, -0.15) is 0 Å². The highest BCUT2D eigenvalue weighted by Gasteiger charge is 2.40. The molecule has 0 aromatic rings. The maximum atomic E-state index is 6.39. The molecule has 0 aromatic carbocycles. The molecule has 0 saturated carbocycles. The predicted octanol–water partition coefficient (Wildman–Crippen LogP) is 3.73. The Kier molecular flexibility index (Phi) is 5.47. The van der Waals surface area contributed by atoms with E-state index in [0.717, 1.165) is 0 Å². The molecule has 0 atom stereocenters. The number of hydrogen-bond donors (Lipinski definition) is 0. The topological polar surface area (TPSA) is 12.5 Å².